The molecule has 0 saturated carbocycles. The second kappa shape index (κ2) is 6.50. The van der Waals surface area contributed by atoms with Crippen molar-refractivity contribution in [1.29, 1.82) is 0 Å². The molecule has 1 N–H and O–H groups in total. The Morgan fingerprint density at radius 1 is 1.10 bits per heavy atom. The smallest absolute Gasteiger partial charge is 0.154 e. The quantitative estimate of drug-likeness (QED) is 0.672. The van der Waals surface area contributed by atoms with E-state index in [1.165, 1.54) is 18.2 Å². The first-order valence-corrected chi connectivity index (χ1v) is 6.36. The molecule has 0 saturated heterocycles. The molecule has 0 radical (unpaired) electrons. The topological polar surface area (TPSA) is 45.8 Å². The van der Waals surface area contributed by atoms with Crippen molar-refractivity contribution < 1.29 is 9.18 Å². The fourth-order valence-electron chi connectivity index (χ4n) is 1.56. The molecule has 1 aromatic heterocycles. The fraction of sp³-hybridized carbons (Fsp3) is 0. The Labute approximate surface area is 124 Å². The summed E-state index contributed by atoms with van der Waals surface area (Å²) in [4.78, 5) is 10.1. The third kappa shape index (κ3) is 3.15. The highest BCUT2D eigenvalue weighted by Crippen LogP contribution is 2.20. The largest absolute Gasteiger partial charge is 0.298 e. The number of carbonyl (C=O) groups is 1. The molecule has 0 unspecified atom stereocenters. The zero-order valence-corrected chi connectivity index (χ0v) is 11.6. The third-order valence-corrected chi connectivity index (χ3v) is 3.21. The number of hydrogen-bond acceptors (Lipinski definition) is 2. The zero-order chi connectivity index (χ0) is 14.5. The summed E-state index contributed by atoms with van der Waals surface area (Å²) in [5, 5.41) is 8.54. The summed E-state index contributed by atoms with van der Waals surface area (Å²) in [6.07, 6.45) is 2.12. The monoisotopic (exact) mass is 310 g/mol. The van der Waals surface area contributed by atoms with Crippen LogP contribution >= 0.6 is 23.2 Å². The van der Waals surface area contributed by atoms with Gasteiger partial charge in [-0.15, -0.1) is 0 Å². The van der Waals surface area contributed by atoms with E-state index in [1.807, 2.05) is 18.2 Å². The van der Waals surface area contributed by atoms with E-state index >= 15 is 0 Å². The number of benzene rings is 2. The number of H-pyrrole nitrogens is 1. The van der Waals surface area contributed by atoms with Crippen LogP contribution in [0.4, 0.5) is 4.39 Å². The molecule has 0 atom stereocenters. The van der Waals surface area contributed by atoms with Crippen molar-refractivity contribution in [1.82, 2.24) is 10.2 Å². The number of nitrogens with zero attached hydrogens (tertiary/aromatic N) is 1. The maximum atomic E-state index is 12.5. The molecular formula is C14H9Cl2FN2O. The number of nitrogens with one attached hydrogen (secondary N) is 1. The van der Waals surface area contributed by atoms with Crippen molar-refractivity contribution in [2.24, 2.45) is 0 Å². The lowest BCUT2D eigenvalue weighted by Crippen LogP contribution is -1.86. The summed E-state index contributed by atoms with van der Waals surface area (Å²) in [7, 11) is 0. The van der Waals surface area contributed by atoms with Crippen LogP contribution < -0.4 is 0 Å². The van der Waals surface area contributed by atoms with E-state index in [9.17, 15) is 9.18 Å². The maximum Gasteiger partial charge on any atom is 0.154 e. The summed E-state index contributed by atoms with van der Waals surface area (Å²) in [5.41, 5.74) is 0.900. The van der Waals surface area contributed by atoms with Crippen molar-refractivity contribution >= 4 is 40.4 Å². The van der Waals surface area contributed by atoms with Crippen LogP contribution in [-0.2, 0) is 0 Å². The van der Waals surface area contributed by atoms with Gasteiger partial charge in [0.05, 0.1) is 27.3 Å². The highest BCUT2D eigenvalue weighted by Gasteiger charge is 2.03. The molecule has 0 aliphatic heterocycles. The first kappa shape index (κ1) is 14.5. The Balaban J connectivity index is 0.000000147. The number of fused-ring (bicyclic) bond motifs is 1. The van der Waals surface area contributed by atoms with Gasteiger partial charge in [0, 0.05) is 5.39 Å². The van der Waals surface area contributed by atoms with Crippen LogP contribution in [0.3, 0.4) is 0 Å². The summed E-state index contributed by atoms with van der Waals surface area (Å²) >= 11 is 11.3. The Kier molecular flexibility index (Phi) is 4.71. The van der Waals surface area contributed by atoms with Gasteiger partial charge in [-0.25, -0.2) is 4.39 Å². The second-order valence-corrected chi connectivity index (χ2v) is 4.64. The van der Waals surface area contributed by atoms with E-state index in [0.29, 0.717) is 6.29 Å². The lowest BCUT2D eigenvalue weighted by Gasteiger charge is -1.94. The number of aromatic nitrogens is 2. The highest BCUT2D eigenvalue weighted by atomic mass is 35.5. The molecule has 3 rings (SSSR count). The number of carbonyl (C=O) groups excluding carboxylic acids is 1. The zero-order valence-electron chi connectivity index (χ0n) is 10.1. The van der Waals surface area contributed by atoms with E-state index in [0.717, 1.165) is 15.9 Å². The van der Waals surface area contributed by atoms with Gasteiger partial charge < -0.3 is 0 Å². The normalized spacial score (nSPS) is 9.95. The molecular weight excluding hydrogens is 302 g/mol. The standard InChI is InChI=1S/C7H4ClFO.C7H5ClN2/c8-6-2-1-3-7(9)5(6)4-10;8-6-2-1-3-7-5(6)4-9-10-7/h1-4H;1-4H,(H,9,10). The molecule has 0 spiro atoms. The average Bonchev–Trinajstić information content (AvgIpc) is 2.90. The number of aldehydes is 1. The van der Waals surface area contributed by atoms with Crippen LogP contribution in [0.2, 0.25) is 10.0 Å². The number of halogens is 3. The molecule has 3 aromatic rings. The van der Waals surface area contributed by atoms with Gasteiger partial charge in [-0.2, -0.15) is 5.10 Å². The van der Waals surface area contributed by atoms with Gasteiger partial charge in [-0.3, -0.25) is 9.89 Å². The summed E-state index contributed by atoms with van der Waals surface area (Å²) < 4.78 is 12.5. The van der Waals surface area contributed by atoms with Crippen LogP contribution in [0.5, 0.6) is 0 Å². The number of hydrogen-bond donors (Lipinski definition) is 1. The minimum atomic E-state index is -0.581. The van der Waals surface area contributed by atoms with E-state index in [4.69, 9.17) is 23.2 Å². The van der Waals surface area contributed by atoms with E-state index < -0.39 is 5.82 Å². The van der Waals surface area contributed by atoms with Gasteiger partial charge in [0.1, 0.15) is 5.82 Å². The van der Waals surface area contributed by atoms with Crippen LogP contribution in [0, 0.1) is 5.82 Å². The van der Waals surface area contributed by atoms with Crippen LogP contribution in [0.1, 0.15) is 10.4 Å². The first-order chi connectivity index (χ1) is 9.63. The number of rotatable bonds is 1. The van der Waals surface area contributed by atoms with Crippen molar-refractivity contribution in [2.45, 2.75) is 0 Å². The molecule has 0 aliphatic rings. The van der Waals surface area contributed by atoms with E-state index in [2.05, 4.69) is 10.2 Å². The minimum absolute atomic E-state index is 0.0795. The Morgan fingerprint density at radius 3 is 2.40 bits per heavy atom. The molecule has 6 heteroatoms. The van der Waals surface area contributed by atoms with Crippen molar-refractivity contribution in [3.8, 4) is 0 Å². The maximum absolute atomic E-state index is 12.5. The lowest BCUT2D eigenvalue weighted by atomic mass is 10.2. The van der Waals surface area contributed by atoms with Crippen molar-refractivity contribution in [3.63, 3.8) is 0 Å². The third-order valence-electron chi connectivity index (χ3n) is 2.55. The van der Waals surface area contributed by atoms with Crippen molar-refractivity contribution in [2.75, 3.05) is 0 Å². The molecule has 0 amide bonds. The van der Waals surface area contributed by atoms with Gasteiger partial charge in [0.2, 0.25) is 0 Å². The van der Waals surface area contributed by atoms with Crippen LogP contribution in [0.15, 0.2) is 42.6 Å². The molecule has 0 aliphatic carbocycles. The van der Waals surface area contributed by atoms with Gasteiger partial charge in [0.15, 0.2) is 6.29 Å². The van der Waals surface area contributed by atoms with Gasteiger partial charge in [-0.05, 0) is 24.3 Å². The molecule has 1 heterocycles. The Bertz CT molecular complexity index is 723. The average molecular weight is 311 g/mol. The number of aromatic amines is 1. The highest BCUT2D eigenvalue weighted by molar-refractivity contribution is 6.35. The molecule has 0 fully saturated rings. The van der Waals surface area contributed by atoms with E-state index in [1.54, 1.807) is 6.20 Å². The molecule has 20 heavy (non-hydrogen) atoms. The van der Waals surface area contributed by atoms with E-state index in [-0.39, 0.29) is 10.6 Å². The molecule has 0 bridgehead atoms. The molecule has 102 valence electrons. The summed E-state index contributed by atoms with van der Waals surface area (Å²) in [6, 6.07) is 9.78. The second-order valence-electron chi connectivity index (χ2n) is 3.82. The molecule has 3 nitrogen and oxygen atoms in total. The summed E-state index contributed by atoms with van der Waals surface area (Å²) in [6.45, 7) is 0. The first-order valence-electron chi connectivity index (χ1n) is 5.60. The lowest BCUT2D eigenvalue weighted by molar-refractivity contribution is 0.112. The van der Waals surface area contributed by atoms with Gasteiger partial charge in [-0.1, -0.05) is 35.3 Å². The SMILES string of the molecule is Clc1cccc2[nH]ncc12.O=Cc1c(F)cccc1Cl. The fourth-order valence-corrected chi connectivity index (χ4v) is 1.99. The predicted octanol–water partition coefficient (Wildman–Crippen LogP) is 4.51. The summed E-state index contributed by atoms with van der Waals surface area (Å²) in [5.74, 6) is -0.581. The van der Waals surface area contributed by atoms with Gasteiger partial charge in [0.25, 0.3) is 0 Å². The van der Waals surface area contributed by atoms with Crippen LogP contribution in [0.25, 0.3) is 10.9 Å². The predicted molar refractivity (Wildman–Crippen MR) is 77.9 cm³/mol. The Morgan fingerprint density at radius 2 is 1.80 bits per heavy atom. The Hall–Kier alpha value is -1.91. The molecule has 2 aromatic carbocycles. The van der Waals surface area contributed by atoms with Gasteiger partial charge >= 0.3 is 0 Å². The van der Waals surface area contributed by atoms with Crippen LogP contribution in [-0.4, -0.2) is 16.5 Å². The minimum Gasteiger partial charge on any atom is -0.298 e. The van der Waals surface area contributed by atoms with Crippen molar-refractivity contribution in [3.05, 3.63) is 64.0 Å².